The van der Waals surface area contributed by atoms with Gasteiger partial charge in [0.25, 0.3) is 0 Å². The number of rotatable bonds is 4. The van der Waals surface area contributed by atoms with Crippen molar-refractivity contribution in [1.29, 1.82) is 0 Å². The maximum Gasteiger partial charge on any atom is 0.313 e. The highest BCUT2D eigenvalue weighted by Crippen LogP contribution is 2.22. The minimum Gasteiger partial charge on any atom is -0.481 e. The summed E-state index contributed by atoms with van der Waals surface area (Å²) in [7, 11) is 0. The third-order valence-electron chi connectivity index (χ3n) is 2.08. The number of carboxylic acid groups (broad SMARTS) is 1. The van der Waals surface area contributed by atoms with Crippen LogP contribution in [-0.4, -0.2) is 21.0 Å². The fourth-order valence-corrected chi connectivity index (χ4v) is 0.985. The van der Waals surface area contributed by atoms with Gasteiger partial charge in [0.15, 0.2) is 0 Å². The van der Waals surface area contributed by atoms with Crippen molar-refractivity contribution < 1.29 is 9.90 Å². The molecule has 0 aromatic carbocycles. The summed E-state index contributed by atoms with van der Waals surface area (Å²) in [5.74, 6) is -0.405. The number of hydrogen-bond donors (Lipinski definition) is 1. The summed E-state index contributed by atoms with van der Waals surface area (Å²) in [5.41, 5.74) is -0.999. The summed E-state index contributed by atoms with van der Waals surface area (Å²) in [6.45, 7) is 5.11. The Morgan fingerprint density at radius 3 is 2.64 bits per heavy atom. The summed E-state index contributed by atoms with van der Waals surface area (Å²) < 4.78 is 0. The Morgan fingerprint density at radius 2 is 2.21 bits per heavy atom. The lowest BCUT2D eigenvalue weighted by Crippen LogP contribution is -2.28. The van der Waals surface area contributed by atoms with Crippen LogP contribution in [0, 0.1) is 5.41 Å². The zero-order valence-electron chi connectivity index (χ0n) is 7.97. The molecule has 0 spiro atoms. The molecule has 0 aliphatic heterocycles. The monoisotopic (exact) mass is 192 g/mol. The Labute approximate surface area is 82.3 Å². The number of carboxylic acids is 1. The molecule has 0 bridgehead atoms. The zero-order valence-corrected chi connectivity index (χ0v) is 7.97. The second-order valence-electron chi connectivity index (χ2n) is 3.27. The van der Waals surface area contributed by atoms with Crippen LogP contribution in [0.4, 0.5) is 0 Å². The van der Waals surface area contributed by atoms with E-state index in [-0.39, 0.29) is 6.42 Å². The Bertz CT molecular complexity index is 337. The number of aromatic nitrogens is 2. The van der Waals surface area contributed by atoms with Crippen LogP contribution in [0.15, 0.2) is 31.1 Å². The Balaban J connectivity index is 2.86. The van der Waals surface area contributed by atoms with Crippen molar-refractivity contribution >= 4 is 5.97 Å². The van der Waals surface area contributed by atoms with Crippen LogP contribution in [0.5, 0.6) is 0 Å². The highest BCUT2D eigenvalue weighted by molar-refractivity contribution is 5.76. The summed E-state index contributed by atoms with van der Waals surface area (Å²) in [6.07, 6.45) is 4.85. The number of nitrogens with zero attached hydrogens (tertiary/aromatic N) is 2. The van der Waals surface area contributed by atoms with Crippen molar-refractivity contribution in [1.82, 2.24) is 9.97 Å². The molecule has 74 valence electrons. The van der Waals surface area contributed by atoms with Crippen LogP contribution in [0.2, 0.25) is 0 Å². The third kappa shape index (κ3) is 2.16. The average molecular weight is 192 g/mol. The van der Waals surface area contributed by atoms with E-state index in [0.717, 1.165) is 0 Å². The zero-order chi connectivity index (χ0) is 10.6. The smallest absolute Gasteiger partial charge is 0.313 e. The summed E-state index contributed by atoms with van der Waals surface area (Å²) in [5, 5.41) is 8.97. The SMILES string of the molecule is C=CC(C)(Cc1ncccn1)C(=O)O. The summed E-state index contributed by atoms with van der Waals surface area (Å²) in [6, 6.07) is 1.69. The van der Waals surface area contributed by atoms with Gasteiger partial charge in [-0.2, -0.15) is 0 Å². The lowest BCUT2D eigenvalue weighted by molar-refractivity contribution is -0.145. The molecule has 0 aliphatic carbocycles. The van der Waals surface area contributed by atoms with Gasteiger partial charge >= 0.3 is 5.97 Å². The van der Waals surface area contributed by atoms with Crippen LogP contribution in [0.25, 0.3) is 0 Å². The van der Waals surface area contributed by atoms with E-state index in [1.165, 1.54) is 6.08 Å². The molecule has 0 radical (unpaired) electrons. The van der Waals surface area contributed by atoms with E-state index in [9.17, 15) is 4.79 Å². The molecule has 1 heterocycles. The molecule has 14 heavy (non-hydrogen) atoms. The van der Waals surface area contributed by atoms with Gasteiger partial charge < -0.3 is 5.11 Å². The van der Waals surface area contributed by atoms with Crippen molar-refractivity contribution in [3.63, 3.8) is 0 Å². The van der Waals surface area contributed by atoms with Gasteiger partial charge in [-0.05, 0) is 13.0 Å². The van der Waals surface area contributed by atoms with Gasteiger partial charge in [-0.15, -0.1) is 6.58 Å². The molecule has 1 rings (SSSR count). The molecule has 1 N–H and O–H groups in total. The van der Waals surface area contributed by atoms with E-state index in [2.05, 4.69) is 16.5 Å². The van der Waals surface area contributed by atoms with E-state index in [1.54, 1.807) is 25.4 Å². The fourth-order valence-electron chi connectivity index (χ4n) is 0.985. The molecule has 1 aromatic heterocycles. The molecule has 1 aromatic rings. The second-order valence-corrected chi connectivity index (χ2v) is 3.27. The van der Waals surface area contributed by atoms with Gasteiger partial charge in [0, 0.05) is 18.8 Å². The predicted octanol–water partition coefficient (Wildman–Crippen LogP) is 1.30. The topological polar surface area (TPSA) is 63.1 Å². The second kappa shape index (κ2) is 4.00. The van der Waals surface area contributed by atoms with Crippen molar-refractivity contribution in [3.8, 4) is 0 Å². The number of carbonyl (C=O) groups is 1. The van der Waals surface area contributed by atoms with Crippen molar-refractivity contribution in [2.75, 3.05) is 0 Å². The number of aliphatic carboxylic acids is 1. The molecular weight excluding hydrogens is 180 g/mol. The highest BCUT2D eigenvalue weighted by Gasteiger charge is 2.30. The van der Waals surface area contributed by atoms with E-state index >= 15 is 0 Å². The molecule has 0 aliphatic rings. The van der Waals surface area contributed by atoms with Gasteiger partial charge in [0.2, 0.25) is 0 Å². The lowest BCUT2D eigenvalue weighted by atomic mass is 9.87. The summed E-state index contributed by atoms with van der Waals surface area (Å²) >= 11 is 0. The Morgan fingerprint density at radius 1 is 1.64 bits per heavy atom. The van der Waals surface area contributed by atoms with Crippen LogP contribution in [0.1, 0.15) is 12.7 Å². The van der Waals surface area contributed by atoms with Crippen LogP contribution in [-0.2, 0) is 11.2 Å². The van der Waals surface area contributed by atoms with Crippen LogP contribution in [0.3, 0.4) is 0 Å². The minimum atomic E-state index is -0.999. The molecule has 0 saturated heterocycles. The first-order valence-corrected chi connectivity index (χ1v) is 4.21. The first-order chi connectivity index (χ1) is 6.58. The molecule has 1 unspecified atom stereocenters. The van der Waals surface area contributed by atoms with Gasteiger partial charge in [0.05, 0.1) is 5.41 Å². The minimum absolute atomic E-state index is 0.257. The normalized spacial score (nSPS) is 14.4. The van der Waals surface area contributed by atoms with Crippen LogP contribution < -0.4 is 0 Å². The first kappa shape index (κ1) is 10.4. The van der Waals surface area contributed by atoms with Gasteiger partial charge in [-0.25, -0.2) is 9.97 Å². The fraction of sp³-hybridized carbons (Fsp3) is 0.300. The van der Waals surface area contributed by atoms with Crippen molar-refractivity contribution in [2.24, 2.45) is 5.41 Å². The van der Waals surface area contributed by atoms with E-state index in [4.69, 9.17) is 5.11 Å². The average Bonchev–Trinajstić information content (AvgIpc) is 2.19. The third-order valence-corrected chi connectivity index (χ3v) is 2.08. The van der Waals surface area contributed by atoms with E-state index in [0.29, 0.717) is 5.82 Å². The standard InChI is InChI=1S/C10H12N2O2/c1-3-10(2,9(13)14)7-8-11-5-4-6-12-8/h3-6H,1,7H2,2H3,(H,13,14). The Hall–Kier alpha value is -1.71. The molecule has 0 fully saturated rings. The van der Waals surface area contributed by atoms with Gasteiger partial charge in [-0.1, -0.05) is 6.08 Å². The van der Waals surface area contributed by atoms with Crippen LogP contribution >= 0.6 is 0 Å². The lowest BCUT2D eigenvalue weighted by Gasteiger charge is -2.18. The molecule has 4 nitrogen and oxygen atoms in total. The maximum absolute atomic E-state index is 10.9. The summed E-state index contributed by atoms with van der Waals surface area (Å²) in [4.78, 5) is 18.9. The molecule has 1 atom stereocenters. The van der Waals surface area contributed by atoms with Crippen molar-refractivity contribution in [3.05, 3.63) is 36.9 Å². The van der Waals surface area contributed by atoms with Crippen molar-refractivity contribution in [2.45, 2.75) is 13.3 Å². The predicted molar refractivity (Wildman–Crippen MR) is 51.7 cm³/mol. The van der Waals surface area contributed by atoms with E-state index < -0.39 is 11.4 Å². The molecule has 0 amide bonds. The quantitative estimate of drug-likeness (QED) is 0.730. The van der Waals surface area contributed by atoms with E-state index in [1.807, 2.05) is 0 Å². The van der Waals surface area contributed by atoms with Gasteiger partial charge in [0.1, 0.15) is 5.82 Å². The largest absolute Gasteiger partial charge is 0.481 e. The Kier molecular flexibility index (Phi) is 2.96. The highest BCUT2D eigenvalue weighted by atomic mass is 16.4. The number of hydrogen-bond acceptors (Lipinski definition) is 3. The molecule has 4 heteroatoms. The maximum atomic E-state index is 10.9. The van der Waals surface area contributed by atoms with Gasteiger partial charge in [-0.3, -0.25) is 4.79 Å². The molecule has 0 saturated carbocycles. The first-order valence-electron chi connectivity index (χ1n) is 4.21. The molecular formula is C10H12N2O2.